The van der Waals surface area contributed by atoms with Crippen LogP contribution in [0.2, 0.25) is 0 Å². The third-order valence-corrected chi connectivity index (χ3v) is 2.07. The zero-order valence-corrected chi connectivity index (χ0v) is 8.74. The molecule has 0 aliphatic rings. The smallest absolute Gasteiger partial charge is 0.312 e. The number of aliphatic carboxylic acids is 1. The summed E-state index contributed by atoms with van der Waals surface area (Å²) in [6, 6.07) is 7.59. The maximum atomic E-state index is 10.4. The molecule has 1 aromatic carbocycles. The zero-order valence-electron chi connectivity index (χ0n) is 8.74. The van der Waals surface area contributed by atoms with Crippen LogP contribution in [0.25, 0.3) is 0 Å². The summed E-state index contributed by atoms with van der Waals surface area (Å²) in [5, 5.41) is 8.54. The van der Waals surface area contributed by atoms with E-state index < -0.39 is 5.97 Å². The molecule has 2 heteroatoms. The first-order chi connectivity index (χ1) is 6.39. The van der Waals surface area contributed by atoms with Crippen LogP contribution in [-0.2, 0) is 10.2 Å². The van der Waals surface area contributed by atoms with Gasteiger partial charge in [0.15, 0.2) is 0 Å². The van der Waals surface area contributed by atoms with E-state index in [0.29, 0.717) is 0 Å². The summed E-state index contributed by atoms with van der Waals surface area (Å²) in [5.74, 6) is -0.909. The van der Waals surface area contributed by atoms with E-state index in [1.165, 1.54) is 12.0 Å². The van der Waals surface area contributed by atoms with Gasteiger partial charge in [0.25, 0.3) is 0 Å². The Kier molecular flexibility index (Phi) is 2.94. The van der Waals surface area contributed by atoms with Crippen molar-refractivity contribution in [1.29, 1.82) is 0 Å². The van der Waals surface area contributed by atoms with Crippen molar-refractivity contribution in [3.05, 3.63) is 41.8 Å². The topological polar surface area (TPSA) is 37.3 Å². The van der Waals surface area contributed by atoms with Crippen LogP contribution in [0.3, 0.4) is 0 Å². The number of hydrogen-bond acceptors (Lipinski definition) is 1. The molecule has 0 unspecified atom stereocenters. The quantitative estimate of drug-likeness (QED) is 0.780. The van der Waals surface area contributed by atoms with Crippen molar-refractivity contribution in [1.82, 2.24) is 0 Å². The Balaban J connectivity index is 2.84. The second-order valence-electron chi connectivity index (χ2n) is 4.35. The molecule has 1 N–H and O–H groups in total. The molecule has 0 atom stereocenters. The highest BCUT2D eigenvalue weighted by molar-refractivity contribution is 5.81. The first-order valence-electron chi connectivity index (χ1n) is 4.58. The van der Waals surface area contributed by atoms with E-state index in [2.05, 4.69) is 20.8 Å². The van der Waals surface area contributed by atoms with Crippen LogP contribution < -0.4 is 0 Å². The molecule has 0 fully saturated rings. The van der Waals surface area contributed by atoms with Crippen LogP contribution >= 0.6 is 0 Å². The predicted octanol–water partition coefficient (Wildman–Crippen LogP) is 2.62. The molecule has 0 bridgehead atoms. The summed E-state index contributed by atoms with van der Waals surface area (Å²) in [5.41, 5.74) is 2.05. The summed E-state index contributed by atoms with van der Waals surface area (Å²) in [6.45, 7) is 6.38. The SMILES string of the molecule is CC(C)(C)c1ccc([CH]C(=O)O)cc1. The molecule has 75 valence electrons. The second-order valence-corrected chi connectivity index (χ2v) is 4.35. The van der Waals surface area contributed by atoms with Gasteiger partial charge in [-0.15, -0.1) is 0 Å². The van der Waals surface area contributed by atoms with Crippen LogP contribution in [0.1, 0.15) is 31.9 Å². The van der Waals surface area contributed by atoms with E-state index in [-0.39, 0.29) is 5.41 Å². The molecule has 0 aliphatic heterocycles. The van der Waals surface area contributed by atoms with Crippen molar-refractivity contribution in [3.63, 3.8) is 0 Å². The molecular weight excluding hydrogens is 176 g/mol. The molecule has 1 aromatic rings. The zero-order chi connectivity index (χ0) is 10.8. The van der Waals surface area contributed by atoms with Gasteiger partial charge >= 0.3 is 5.97 Å². The van der Waals surface area contributed by atoms with E-state index in [1.54, 1.807) is 0 Å². The molecule has 0 heterocycles. The monoisotopic (exact) mass is 191 g/mol. The molecule has 0 spiro atoms. The lowest BCUT2D eigenvalue weighted by molar-refractivity contribution is -0.132. The fourth-order valence-electron chi connectivity index (χ4n) is 1.22. The Hall–Kier alpha value is -1.31. The summed E-state index contributed by atoms with van der Waals surface area (Å²) in [7, 11) is 0. The average molecular weight is 191 g/mol. The minimum atomic E-state index is -0.909. The summed E-state index contributed by atoms with van der Waals surface area (Å²) < 4.78 is 0. The third kappa shape index (κ3) is 2.87. The normalized spacial score (nSPS) is 11.4. The van der Waals surface area contributed by atoms with Gasteiger partial charge in [-0.2, -0.15) is 0 Å². The van der Waals surface area contributed by atoms with Crippen LogP contribution in [0, 0.1) is 6.42 Å². The third-order valence-electron chi connectivity index (χ3n) is 2.07. The van der Waals surface area contributed by atoms with Crippen LogP contribution in [0.4, 0.5) is 0 Å². The van der Waals surface area contributed by atoms with Crippen LogP contribution in [0.5, 0.6) is 0 Å². The van der Waals surface area contributed by atoms with E-state index in [9.17, 15) is 4.79 Å². The molecule has 1 radical (unpaired) electrons. The molecule has 1 rings (SSSR count). The van der Waals surface area contributed by atoms with Gasteiger partial charge in [-0.05, 0) is 16.5 Å². The lowest BCUT2D eigenvalue weighted by atomic mass is 9.86. The van der Waals surface area contributed by atoms with E-state index in [0.717, 1.165) is 5.56 Å². The van der Waals surface area contributed by atoms with Crippen molar-refractivity contribution in [2.75, 3.05) is 0 Å². The summed E-state index contributed by atoms with van der Waals surface area (Å²) in [6.07, 6.45) is 1.20. The van der Waals surface area contributed by atoms with Crippen LogP contribution in [-0.4, -0.2) is 11.1 Å². The van der Waals surface area contributed by atoms with Crippen molar-refractivity contribution in [2.24, 2.45) is 0 Å². The minimum Gasteiger partial charge on any atom is -0.481 e. The largest absolute Gasteiger partial charge is 0.481 e. The fourth-order valence-corrected chi connectivity index (χ4v) is 1.22. The number of rotatable bonds is 2. The van der Waals surface area contributed by atoms with Gasteiger partial charge in [0.05, 0.1) is 6.42 Å². The Morgan fingerprint density at radius 1 is 1.21 bits per heavy atom. The standard InChI is InChI=1S/C12H15O2/c1-12(2,3)10-6-4-9(5-7-10)8-11(13)14/h4-8H,1-3H3,(H,13,14). The molecule has 0 aliphatic carbocycles. The Morgan fingerprint density at radius 3 is 2.07 bits per heavy atom. The summed E-state index contributed by atoms with van der Waals surface area (Å²) in [4.78, 5) is 10.4. The fraction of sp³-hybridized carbons (Fsp3) is 0.333. The number of hydrogen-bond donors (Lipinski definition) is 1. The Labute approximate surface area is 84.6 Å². The highest BCUT2D eigenvalue weighted by Crippen LogP contribution is 2.22. The highest BCUT2D eigenvalue weighted by Gasteiger charge is 2.13. The molecule has 14 heavy (non-hydrogen) atoms. The van der Waals surface area contributed by atoms with Crippen molar-refractivity contribution in [3.8, 4) is 0 Å². The lowest BCUT2D eigenvalue weighted by Gasteiger charge is -2.18. The lowest BCUT2D eigenvalue weighted by Crippen LogP contribution is -2.10. The Bertz CT molecular complexity index is 317. The van der Waals surface area contributed by atoms with E-state index in [4.69, 9.17) is 5.11 Å². The van der Waals surface area contributed by atoms with Crippen LogP contribution in [0.15, 0.2) is 24.3 Å². The first kappa shape index (κ1) is 10.8. The number of carboxylic acid groups (broad SMARTS) is 1. The molecule has 0 saturated heterocycles. The van der Waals surface area contributed by atoms with Gasteiger partial charge in [0.1, 0.15) is 0 Å². The van der Waals surface area contributed by atoms with Gasteiger partial charge < -0.3 is 5.11 Å². The highest BCUT2D eigenvalue weighted by atomic mass is 16.4. The minimum absolute atomic E-state index is 0.113. The maximum Gasteiger partial charge on any atom is 0.312 e. The molecule has 0 amide bonds. The van der Waals surface area contributed by atoms with E-state index >= 15 is 0 Å². The second kappa shape index (κ2) is 3.82. The van der Waals surface area contributed by atoms with Gasteiger partial charge in [-0.1, -0.05) is 45.0 Å². The van der Waals surface area contributed by atoms with Crippen molar-refractivity contribution >= 4 is 5.97 Å². The maximum absolute atomic E-state index is 10.4. The summed E-state index contributed by atoms with van der Waals surface area (Å²) >= 11 is 0. The Morgan fingerprint density at radius 2 is 1.71 bits per heavy atom. The first-order valence-corrected chi connectivity index (χ1v) is 4.58. The molecule has 0 aromatic heterocycles. The number of carbonyl (C=O) groups is 1. The van der Waals surface area contributed by atoms with Gasteiger partial charge in [-0.3, -0.25) is 4.79 Å². The average Bonchev–Trinajstić information content (AvgIpc) is 2.02. The molecule has 2 nitrogen and oxygen atoms in total. The van der Waals surface area contributed by atoms with Crippen molar-refractivity contribution in [2.45, 2.75) is 26.2 Å². The van der Waals surface area contributed by atoms with Gasteiger partial charge in [-0.25, -0.2) is 0 Å². The predicted molar refractivity (Wildman–Crippen MR) is 56.2 cm³/mol. The van der Waals surface area contributed by atoms with Gasteiger partial charge in [0.2, 0.25) is 0 Å². The van der Waals surface area contributed by atoms with E-state index in [1.807, 2.05) is 24.3 Å². The van der Waals surface area contributed by atoms with Crippen molar-refractivity contribution < 1.29 is 9.90 Å². The molecule has 0 saturated carbocycles. The number of benzene rings is 1. The van der Waals surface area contributed by atoms with Gasteiger partial charge in [0, 0.05) is 0 Å². The number of carboxylic acids is 1. The molecular formula is C12H15O2.